The lowest BCUT2D eigenvalue weighted by Gasteiger charge is -2.37. The molecule has 19 heteroatoms. The number of hydrogen-bond donors (Lipinski definition) is 2. The Bertz CT molecular complexity index is 2920. The van der Waals surface area contributed by atoms with Crippen LogP contribution in [-0.4, -0.2) is 150 Å². The third kappa shape index (κ3) is 10.2. The van der Waals surface area contributed by atoms with Crippen molar-refractivity contribution in [1.82, 2.24) is 29.9 Å². The Morgan fingerprint density at radius 3 is 1.51 bits per heavy atom. The van der Waals surface area contributed by atoms with E-state index in [1.165, 1.54) is 6.07 Å². The maximum absolute atomic E-state index is 11.7. The van der Waals surface area contributed by atoms with E-state index in [1.54, 1.807) is 12.1 Å². The van der Waals surface area contributed by atoms with E-state index in [9.17, 15) is 15.2 Å². The highest BCUT2D eigenvalue weighted by atomic mass is 16.5. The van der Waals surface area contributed by atoms with Crippen LogP contribution in [-0.2, 0) is 18.9 Å². The Morgan fingerprint density at radius 1 is 0.643 bits per heavy atom. The van der Waals surface area contributed by atoms with Gasteiger partial charge in [0.2, 0.25) is 11.9 Å². The second-order valence-corrected chi connectivity index (χ2v) is 18.4. The molecule has 4 atom stereocenters. The number of morpholine rings is 4. The number of rotatable bonds is 9. The summed E-state index contributed by atoms with van der Waals surface area (Å²) in [6, 6.07) is 21.0. The smallest absolute Gasteiger partial charge is 0.252 e. The van der Waals surface area contributed by atoms with E-state index >= 15 is 0 Å². The molecule has 10 rings (SSSR count). The minimum Gasteiger partial charge on any atom is -0.507 e. The zero-order valence-electron chi connectivity index (χ0n) is 40.5. The number of nitrogens with zero attached hydrogens (tertiary/aromatic N) is 11. The summed E-state index contributed by atoms with van der Waals surface area (Å²) in [5.41, 5.74) is 10.0. The van der Waals surface area contributed by atoms with Crippen molar-refractivity contribution in [3.8, 4) is 40.1 Å². The Kier molecular flexibility index (Phi) is 14.4. The van der Waals surface area contributed by atoms with Crippen LogP contribution in [0.25, 0.3) is 44.6 Å². The number of pyridine rings is 2. The summed E-state index contributed by atoms with van der Waals surface area (Å²) in [6.07, 6.45) is -0.0135. The van der Waals surface area contributed by atoms with Gasteiger partial charge in [-0.2, -0.15) is 25.2 Å². The molecule has 2 aromatic carbocycles. The third-order valence-electron chi connectivity index (χ3n) is 12.9. The van der Waals surface area contributed by atoms with Crippen molar-refractivity contribution in [2.45, 2.75) is 71.8 Å². The first kappa shape index (κ1) is 48.1. The van der Waals surface area contributed by atoms with Crippen LogP contribution in [0.3, 0.4) is 0 Å². The lowest BCUT2D eigenvalue weighted by molar-refractivity contribution is 0.0972. The molecule has 3 N–H and O–H groups in total. The third-order valence-corrected chi connectivity index (χ3v) is 12.9. The number of aromatic hydroxyl groups is 1. The van der Waals surface area contributed by atoms with E-state index in [4.69, 9.17) is 59.3 Å². The van der Waals surface area contributed by atoms with Crippen molar-refractivity contribution < 1.29 is 33.6 Å². The first-order valence-corrected chi connectivity index (χ1v) is 24.0. The van der Waals surface area contributed by atoms with Gasteiger partial charge in [-0.15, -0.1) is 0 Å². The van der Waals surface area contributed by atoms with Gasteiger partial charge in [-0.25, -0.2) is 9.97 Å². The highest BCUT2D eigenvalue weighted by Crippen LogP contribution is 2.35. The van der Waals surface area contributed by atoms with Crippen molar-refractivity contribution in [2.24, 2.45) is 5.73 Å². The second kappa shape index (κ2) is 20.9. The molecule has 0 spiro atoms. The predicted molar refractivity (Wildman–Crippen MR) is 267 cm³/mol. The lowest BCUT2D eigenvalue weighted by Crippen LogP contribution is -2.46. The first-order chi connectivity index (χ1) is 33.9. The Morgan fingerprint density at radius 2 is 1.09 bits per heavy atom. The van der Waals surface area contributed by atoms with Gasteiger partial charge in [0.25, 0.3) is 5.91 Å². The standard InChI is InChI=1S/C27H32N6O3.C24H28N6O4/c1-17(2)36-24-8-5-20(13-21(24)14-28)23-7-6-22-25(29-23)30-27(33-10-12-35-16-19(33)4)31-26(22)32-9-11-34-15-18(32)3;1-14-12-33-9-7-29(14)23-17-4-5-19(16-3-6-20(31)18(11-16)21(25)32)26-22(17)27-24(28-23)30-8-10-34-13-15(30)2/h5-8,13,17-19H,9-12,15-16H2,1-4H3;3-6,11,14-15,31H,7-10,12-13H2,1-2H3,(H2,25,32)/t18-,19-;14-,15-/m00/s1. The molecule has 4 saturated heterocycles. The molecule has 19 nitrogen and oxygen atoms in total. The normalized spacial score (nSPS) is 20.8. The van der Waals surface area contributed by atoms with Crippen molar-refractivity contribution in [3.63, 3.8) is 0 Å². The van der Waals surface area contributed by atoms with Crippen LogP contribution in [0, 0.1) is 11.3 Å². The fourth-order valence-electron chi connectivity index (χ4n) is 9.14. The van der Waals surface area contributed by atoms with E-state index < -0.39 is 5.91 Å². The molecule has 6 aromatic rings. The van der Waals surface area contributed by atoms with Gasteiger partial charge in [0.05, 0.1) is 116 Å². The molecule has 366 valence electrons. The van der Waals surface area contributed by atoms with E-state index in [-0.39, 0.29) is 41.6 Å². The average Bonchev–Trinajstić information content (AvgIpc) is 3.36. The van der Waals surface area contributed by atoms with Gasteiger partial charge in [0.1, 0.15) is 29.2 Å². The number of fused-ring (bicyclic) bond motifs is 2. The number of benzene rings is 2. The molecule has 1 amide bonds. The second-order valence-electron chi connectivity index (χ2n) is 18.4. The summed E-state index contributed by atoms with van der Waals surface area (Å²) in [7, 11) is 0. The molecule has 0 aliphatic carbocycles. The molecule has 4 aromatic heterocycles. The van der Waals surface area contributed by atoms with Gasteiger partial charge in [0.15, 0.2) is 11.3 Å². The molecule has 4 aliphatic rings. The number of phenols is 1. The number of hydrogen-bond acceptors (Lipinski definition) is 18. The van der Waals surface area contributed by atoms with Crippen LogP contribution in [0.2, 0.25) is 0 Å². The van der Waals surface area contributed by atoms with Gasteiger partial charge in [0, 0.05) is 37.3 Å². The number of ether oxygens (including phenoxy) is 5. The highest BCUT2D eigenvalue weighted by molar-refractivity contribution is 5.97. The van der Waals surface area contributed by atoms with Gasteiger partial charge < -0.3 is 54.1 Å². The fraction of sp³-hybridized carbons (Fsp3) is 0.451. The molecular weight excluding hydrogens is 893 g/mol. The van der Waals surface area contributed by atoms with E-state index in [2.05, 4.69) is 53.4 Å². The molecule has 4 aliphatic heterocycles. The SMILES string of the molecule is CC(C)Oc1ccc(-c2ccc3c(N4CCOC[C@@H]4C)nc(N4CCOC[C@@H]4C)nc3n2)cc1C#N.C[C@H]1COCCN1c1nc(N2CCOC[C@@H]2C)c2ccc(-c3ccc(O)c(C(N)=O)c3)nc2n1. The minimum absolute atomic E-state index is 0.0135. The summed E-state index contributed by atoms with van der Waals surface area (Å²) >= 11 is 0. The zero-order chi connectivity index (χ0) is 49.1. The molecule has 70 heavy (non-hydrogen) atoms. The number of aromatic nitrogens is 6. The van der Waals surface area contributed by atoms with Crippen molar-refractivity contribution >= 4 is 51.5 Å². The number of carbonyl (C=O) groups excluding carboxylic acids is 1. The number of primary amides is 1. The summed E-state index contributed by atoms with van der Waals surface area (Å²) in [4.78, 5) is 50.2. The van der Waals surface area contributed by atoms with Crippen molar-refractivity contribution in [1.29, 1.82) is 5.26 Å². The van der Waals surface area contributed by atoms with E-state index in [0.29, 0.717) is 105 Å². The topological polar surface area (TPSA) is 224 Å². The van der Waals surface area contributed by atoms with Crippen molar-refractivity contribution in [2.75, 3.05) is 98.6 Å². The Hall–Kier alpha value is -6.98. The number of anilines is 4. The van der Waals surface area contributed by atoms with Crippen LogP contribution in [0.15, 0.2) is 60.7 Å². The fourth-order valence-corrected chi connectivity index (χ4v) is 9.14. The predicted octanol–water partition coefficient (Wildman–Crippen LogP) is 5.75. The number of amides is 1. The quantitative estimate of drug-likeness (QED) is 0.176. The van der Waals surface area contributed by atoms with Gasteiger partial charge in [-0.1, -0.05) is 0 Å². The Balaban J connectivity index is 0.000000174. The van der Waals surface area contributed by atoms with Gasteiger partial charge in [-0.05, 0) is 102 Å². The molecular formula is C51H60N12O7. The zero-order valence-corrected chi connectivity index (χ0v) is 40.5. The van der Waals surface area contributed by atoms with E-state index in [1.807, 2.05) is 56.3 Å². The van der Waals surface area contributed by atoms with Crippen LogP contribution in [0.4, 0.5) is 23.5 Å². The van der Waals surface area contributed by atoms with Crippen LogP contribution < -0.4 is 30.1 Å². The highest BCUT2D eigenvalue weighted by Gasteiger charge is 2.30. The first-order valence-electron chi connectivity index (χ1n) is 24.0. The maximum Gasteiger partial charge on any atom is 0.252 e. The van der Waals surface area contributed by atoms with E-state index in [0.717, 1.165) is 53.3 Å². The average molecular weight is 953 g/mol. The number of nitriles is 1. The minimum atomic E-state index is -0.699. The summed E-state index contributed by atoms with van der Waals surface area (Å²) < 4.78 is 28.4. The number of carbonyl (C=O) groups is 1. The lowest BCUT2D eigenvalue weighted by atomic mass is 10.1. The largest absolute Gasteiger partial charge is 0.507 e. The van der Waals surface area contributed by atoms with Crippen LogP contribution in [0.1, 0.15) is 57.5 Å². The maximum atomic E-state index is 11.7. The van der Waals surface area contributed by atoms with Gasteiger partial charge >= 0.3 is 0 Å². The molecule has 8 heterocycles. The summed E-state index contributed by atoms with van der Waals surface area (Å²) in [5, 5.41) is 21.4. The van der Waals surface area contributed by atoms with Crippen molar-refractivity contribution in [3.05, 3.63) is 71.8 Å². The van der Waals surface area contributed by atoms with Crippen LogP contribution >= 0.6 is 0 Å². The molecule has 0 unspecified atom stereocenters. The molecule has 0 saturated carbocycles. The monoisotopic (exact) mass is 952 g/mol. The molecule has 4 fully saturated rings. The molecule has 0 radical (unpaired) electrons. The summed E-state index contributed by atoms with van der Waals surface area (Å²) in [5.74, 6) is 2.70. The number of nitrogens with two attached hydrogens (primary N) is 1. The van der Waals surface area contributed by atoms with Gasteiger partial charge in [-0.3, -0.25) is 4.79 Å². The Labute approximate surface area is 407 Å². The molecule has 0 bridgehead atoms. The summed E-state index contributed by atoms with van der Waals surface area (Å²) in [6.45, 7) is 20.4. The van der Waals surface area contributed by atoms with Crippen LogP contribution in [0.5, 0.6) is 11.5 Å².